The van der Waals surface area contributed by atoms with Gasteiger partial charge in [-0.2, -0.15) is 0 Å². The zero-order valence-electron chi connectivity index (χ0n) is 21.8. The van der Waals surface area contributed by atoms with Gasteiger partial charge in [-0.05, 0) is 79.4 Å². The molecule has 5 rings (SSSR count). The molecular weight excluding hydrogens is 544 g/mol. The monoisotopic (exact) mass is 576 g/mol. The molecule has 0 aliphatic carbocycles. The van der Waals surface area contributed by atoms with Crippen LogP contribution in [0, 0.1) is 0 Å². The first-order chi connectivity index (χ1) is 18.7. The highest BCUT2D eigenvalue weighted by Crippen LogP contribution is 2.36. The van der Waals surface area contributed by atoms with E-state index in [9.17, 15) is 4.79 Å². The third-order valence-electron chi connectivity index (χ3n) is 6.80. The molecule has 0 radical (unpaired) electrons. The minimum Gasteiger partial charge on any atom is -0.494 e. The minimum atomic E-state index is -0.105. The van der Waals surface area contributed by atoms with Crippen LogP contribution in [0.1, 0.15) is 36.8 Å². The second kappa shape index (κ2) is 14.5. The van der Waals surface area contributed by atoms with E-state index >= 15 is 0 Å². The SMILES string of the molecule is Cl.O=C1/C(=C/C=C(c2ccccc2)c2ccccc2)SC(=S)N1c1ccc(OCCCN2CCCCC2)cc1. The number of piperidine rings is 1. The Balaban J connectivity index is 0.00000353. The molecule has 0 atom stereocenters. The van der Waals surface area contributed by atoms with E-state index in [1.54, 1.807) is 4.90 Å². The second-order valence-corrected chi connectivity index (χ2v) is 11.1. The van der Waals surface area contributed by atoms with Gasteiger partial charge in [0.05, 0.1) is 17.2 Å². The summed E-state index contributed by atoms with van der Waals surface area (Å²) in [7, 11) is 0. The number of hydrogen-bond acceptors (Lipinski definition) is 5. The van der Waals surface area contributed by atoms with Crippen molar-refractivity contribution in [3.63, 3.8) is 0 Å². The molecule has 2 saturated heterocycles. The van der Waals surface area contributed by atoms with Crippen LogP contribution in [0.2, 0.25) is 0 Å². The van der Waals surface area contributed by atoms with Crippen molar-refractivity contribution in [1.82, 2.24) is 4.90 Å². The van der Waals surface area contributed by atoms with E-state index in [1.807, 2.05) is 72.8 Å². The molecule has 7 heteroatoms. The highest BCUT2D eigenvalue weighted by Gasteiger charge is 2.33. The number of carbonyl (C=O) groups is 1. The highest BCUT2D eigenvalue weighted by atomic mass is 35.5. The molecule has 1 amide bonds. The van der Waals surface area contributed by atoms with Gasteiger partial charge in [-0.15, -0.1) is 12.4 Å². The van der Waals surface area contributed by atoms with Crippen molar-refractivity contribution < 1.29 is 9.53 Å². The molecule has 2 fully saturated rings. The van der Waals surface area contributed by atoms with Gasteiger partial charge in [-0.3, -0.25) is 9.69 Å². The van der Waals surface area contributed by atoms with Crippen molar-refractivity contribution in [2.24, 2.45) is 0 Å². The van der Waals surface area contributed by atoms with E-state index in [0.717, 1.165) is 41.1 Å². The third-order valence-corrected chi connectivity index (χ3v) is 8.12. The number of carbonyl (C=O) groups excluding carboxylic acids is 1. The van der Waals surface area contributed by atoms with Crippen molar-refractivity contribution in [2.75, 3.05) is 31.1 Å². The molecule has 0 saturated carbocycles. The molecule has 2 aliphatic heterocycles. The van der Waals surface area contributed by atoms with Crippen LogP contribution in [-0.2, 0) is 4.79 Å². The molecule has 3 aromatic rings. The normalized spacial score (nSPS) is 16.7. The van der Waals surface area contributed by atoms with Gasteiger partial charge in [0.25, 0.3) is 5.91 Å². The smallest absolute Gasteiger partial charge is 0.270 e. The lowest BCUT2D eigenvalue weighted by molar-refractivity contribution is -0.113. The lowest BCUT2D eigenvalue weighted by Gasteiger charge is -2.26. The lowest BCUT2D eigenvalue weighted by Crippen LogP contribution is -2.31. The largest absolute Gasteiger partial charge is 0.494 e. The molecule has 0 spiro atoms. The molecule has 3 aromatic carbocycles. The van der Waals surface area contributed by atoms with Crippen molar-refractivity contribution in [3.8, 4) is 5.75 Å². The molecule has 0 N–H and O–H groups in total. The average Bonchev–Trinajstić information content (AvgIpc) is 3.25. The third kappa shape index (κ3) is 7.61. The Morgan fingerprint density at radius 3 is 2.10 bits per heavy atom. The maximum atomic E-state index is 13.3. The van der Waals surface area contributed by atoms with E-state index in [1.165, 1.54) is 44.1 Å². The Kier molecular flexibility index (Phi) is 10.8. The molecule has 2 aliphatic rings. The van der Waals surface area contributed by atoms with E-state index in [0.29, 0.717) is 15.8 Å². The van der Waals surface area contributed by atoms with Gasteiger partial charge < -0.3 is 9.64 Å². The fourth-order valence-electron chi connectivity index (χ4n) is 4.81. The Morgan fingerprint density at radius 1 is 0.872 bits per heavy atom. The Hall–Kier alpha value is -2.90. The zero-order chi connectivity index (χ0) is 26.2. The molecule has 0 unspecified atom stereocenters. The topological polar surface area (TPSA) is 32.8 Å². The van der Waals surface area contributed by atoms with Crippen molar-refractivity contribution in [2.45, 2.75) is 25.7 Å². The number of hydrogen-bond donors (Lipinski definition) is 0. The number of thioether (sulfide) groups is 1. The van der Waals surface area contributed by atoms with Gasteiger partial charge in [0, 0.05) is 6.54 Å². The Morgan fingerprint density at radius 2 is 1.49 bits per heavy atom. The van der Waals surface area contributed by atoms with E-state index in [-0.39, 0.29) is 18.3 Å². The number of ether oxygens (including phenoxy) is 1. The number of nitrogens with zero attached hydrogens (tertiary/aromatic N) is 2. The number of benzene rings is 3. The summed E-state index contributed by atoms with van der Waals surface area (Å²) in [5, 5.41) is 0. The summed E-state index contributed by atoms with van der Waals surface area (Å²) in [6.07, 6.45) is 8.89. The van der Waals surface area contributed by atoms with Gasteiger partial charge in [0.1, 0.15) is 5.75 Å². The zero-order valence-corrected chi connectivity index (χ0v) is 24.3. The van der Waals surface area contributed by atoms with Gasteiger partial charge in [0.15, 0.2) is 4.32 Å². The van der Waals surface area contributed by atoms with Crippen LogP contribution in [0.3, 0.4) is 0 Å². The van der Waals surface area contributed by atoms with Crippen LogP contribution in [0.25, 0.3) is 5.57 Å². The molecule has 2 heterocycles. The number of amides is 1. The summed E-state index contributed by atoms with van der Waals surface area (Å²) in [6.45, 7) is 4.20. The quantitative estimate of drug-likeness (QED) is 0.148. The molecule has 4 nitrogen and oxygen atoms in total. The number of likely N-dealkylation sites (tertiary alicyclic amines) is 1. The van der Waals surface area contributed by atoms with Crippen LogP contribution in [-0.4, -0.2) is 41.4 Å². The number of halogens is 1. The predicted octanol–water partition coefficient (Wildman–Crippen LogP) is 7.74. The summed E-state index contributed by atoms with van der Waals surface area (Å²) in [5.41, 5.74) is 4.00. The van der Waals surface area contributed by atoms with Crippen molar-refractivity contribution in [3.05, 3.63) is 113 Å². The fraction of sp³-hybridized carbons (Fsp3) is 0.250. The molecular formula is C32H33ClN2O2S2. The summed E-state index contributed by atoms with van der Waals surface area (Å²) in [5.74, 6) is 0.707. The summed E-state index contributed by atoms with van der Waals surface area (Å²) < 4.78 is 6.48. The second-order valence-electron chi connectivity index (χ2n) is 9.45. The first kappa shape index (κ1) is 29.1. The highest BCUT2D eigenvalue weighted by molar-refractivity contribution is 8.27. The van der Waals surface area contributed by atoms with Crippen molar-refractivity contribution in [1.29, 1.82) is 0 Å². The molecule has 202 valence electrons. The fourth-order valence-corrected chi connectivity index (χ4v) is 6.05. The van der Waals surface area contributed by atoms with Crippen LogP contribution in [0.15, 0.2) is 102 Å². The van der Waals surface area contributed by atoms with Gasteiger partial charge >= 0.3 is 0 Å². The van der Waals surface area contributed by atoms with Crippen LogP contribution in [0.4, 0.5) is 5.69 Å². The van der Waals surface area contributed by atoms with Crippen LogP contribution >= 0.6 is 36.4 Å². The molecule has 39 heavy (non-hydrogen) atoms. The van der Waals surface area contributed by atoms with E-state index in [4.69, 9.17) is 17.0 Å². The van der Waals surface area contributed by atoms with Gasteiger partial charge in [-0.1, -0.05) is 97.1 Å². The predicted molar refractivity (Wildman–Crippen MR) is 170 cm³/mol. The number of allylic oxidation sites excluding steroid dienone is 2. The Bertz CT molecular complexity index is 1260. The molecule has 0 aromatic heterocycles. The van der Waals surface area contributed by atoms with Crippen LogP contribution in [0.5, 0.6) is 5.75 Å². The van der Waals surface area contributed by atoms with Gasteiger partial charge in [-0.25, -0.2) is 0 Å². The van der Waals surface area contributed by atoms with E-state index < -0.39 is 0 Å². The summed E-state index contributed by atoms with van der Waals surface area (Å²) in [6, 6.07) is 28.1. The first-order valence-electron chi connectivity index (χ1n) is 13.2. The first-order valence-corrected chi connectivity index (χ1v) is 14.5. The average molecular weight is 577 g/mol. The maximum absolute atomic E-state index is 13.3. The van der Waals surface area contributed by atoms with Crippen LogP contribution < -0.4 is 9.64 Å². The number of thiocarbonyl (C=S) groups is 1. The number of rotatable bonds is 9. The summed E-state index contributed by atoms with van der Waals surface area (Å²) in [4.78, 5) is 18.1. The standard InChI is InChI=1S/C32H32N2O2S2.ClH/c35-31-30(20-19-29(25-11-4-1-5-12-25)26-13-6-2-7-14-26)38-32(37)34(31)27-15-17-28(18-16-27)36-24-10-23-33-21-8-3-9-22-33;/h1-2,4-7,11-20H,3,8-10,21-24H2;1H/b30-20-;. The Labute approximate surface area is 247 Å². The maximum Gasteiger partial charge on any atom is 0.270 e. The van der Waals surface area contributed by atoms with E-state index in [2.05, 4.69) is 29.2 Å². The lowest BCUT2D eigenvalue weighted by atomic mass is 9.97. The van der Waals surface area contributed by atoms with Crippen molar-refractivity contribution >= 4 is 57.9 Å². The number of anilines is 1. The van der Waals surface area contributed by atoms with Gasteiger partial charge in [0.2, 0.25) is 0 Å². The minimum absolute atomic E-state index is 0. The molecule has 0 bridgehead atoms. The summed E-state index contributed by atoms with van der Waals surface area (Å²) >= 11 is 6.93.